The maximum Gasteiger partial charge on any atom is 0.268 e. The predicted octanol–water partition coefficient (Wildman–Crippen LogP) is 0.0700. The molecule has 1 aromatic heterocycles. The number of aryl methyl sites for hydroxylation is 1. The molecule has 0 aliphatic rings. The fourth-order valence-corrected chi connectivity index (χ4v) is 2.75. The van der Waals surface area contributed by atoms with Crippen molar-refractivity contribution >= 4 is 15.9 Å². The second-order valence-corrected chi connectivity index (χ2v) is 7.26. The van der Waals surface area contributed by atoms with E-state index in [9.17, 15) is 18.3 Å². The standard InChI is InChI=1S/C13H23N3O4S/c1-9(2)5-10(17)7-15-13(18)12-6-11(8-16(12)4)21(19,20)14-3/h6,8-10,14,17H,5,7H2,1-4H3,(H,15,18). The SMILES string of the molecule is CNS(=O)(=O)c1cc(C(=O)NCC(O)CC(C)C)n(C)c1. The molecule has 120 valence electrons. The number of hydrogen-bond donors (Lipinski definition) is 3. The van der Waals surface area contributed by atoms with Crippen molar-refractivity contribution in [3.8, 4) is 0 Å². The van der Waals surface area contributed by atoms with Crippen LogP contribution in [-0.4, -0.2) is 43.7 Å². The van der Waals surface area contributed by atoms with Gasteiger partial charge in [0.05, 0.1) is 6.10 Å². The number of sulfonamides is 1. The van der Waals surface area contributed by atoms with E-state index in [1.165, 1.54) is 23.9 Å². The van der Waals surface area contributed by atoms with Gasteiger partial charge in [0.15, 0.2) is 0 Å². The van der Waals surface area contributed by atoms with Crippen LogP contribution in [0.5, 0.6) is 0 Å². The number of nitrogens with zero attached hydrogens (tertiary/aromatic N) is 1. The summed E-state index contributed by atoms with van der Waals surface area (Å²) in [4.78, 5) is 12.1. The predicted molar refractivity (Wildman–Crippen MR) is 79.5 cm³/mol. The van der Waals surface area contributed by atoms with Gasteiger partial charge < -0.3 is 15.0 Å². The van der Waals surface area contributed by atoms with E-state index >= 15 is 0 Å². The van der Waals surface area contributed by atoms with Gasteiger partial charge in [-0.2, -0.15) is 0 Å². The van der Waals surface area contributed by atoms with Crippen molar-refractivity contribution in [1.29, 1.82) is 0 Å². The van der Waals surface area contributed by atoms with E-state index in [1.807, 2.05) is 13.8 Å². The Morgan fingerprint density at radius 2 is 2.05 bits per heavy atom. The second-order valence-electron chi connectivity index (χ2n) is 5.37. The Hall–Kier alpha value is -1.38. The van der Waals surface area contributed by atoms with Gasteiger partial charge in [0.2, 0.25) is 10.0 Å². The lowest BCUT2D eigenvalue weighted by atomic mass is 10.1. The topological polar surface area (TPSA) is 100 Å². The summed E-state index contributed by atoms with van der Waals surface area (Å²) in [5.41, 5.74) is 0.223. The van der Waals surface area contributed by atoms with Gasteiger partial charge >= 0.3 is 0 Å². The maximum absolute atomic E-state index is 12.0. The lowest BCUT2D eigenvalue weighted by molar-refractivity contribution is 0.0892. The zero-order valence-electron chi connectivity index (χ0n) is 12.8. The number of aromatic nitrogens is 1. The molecule has 1 rings (SSSR count). The lowest BCUT2D eigenvalue weighted by Crippen LogP contribution is -2.33. The molecule has 0 aromatic carbocycles. The minimum absolute atomic E-state index is 0.0281. The highest BCUT2D eigenvalue weighted by atomic mass is 32.2. The monoisotopic (exact) mass is 317 g/mol. The molecule has 1 unspecified atom stereocenters. The Kier molecular flexibility index (Phi) is 5.94. The average molecular weight is 317 g/mol. The molecule has 3 N–H and O–H groups in total. The number of hydrogen-bond acceptors (Lipinski definition) is 4. The van der Waals surface area contributed by atoms with Crippen molar-refractivity contribution in [3.05, 3.63) is 18.0 Å². The molecule has 0 saturated heterocycles. The number of aliphatic hydroxyl groups excluding tert-OH is 1. The third-order valence-corrected chi connectivity index (χ3v) is 4.41. The molecular weight excluding hydrogens is 294 g/mol. The van der Waals surface area contributed by atoms with E-state index in [4.69, 9.17) is 0 Å². The molecule has 0 fully saturated rings. The van der Waals surface area contributed by atoms with Crippen molar-refractivity contribution in [2.24, 2.45) is 13.0 Å². The summed E-state index contributed by atoms with van der Waals surface area (Å²) >= 11 is 0. The molecule has 0 aliphatic heterocycles. The second kappa shape index (κ2) is 7.06. The average Bonchev–Trinajstić information content (AvgIpc) is 2.78. The summed E-state index contributed by atoms with van der Waals surface area (Å²) in [7, 11) is -0.679. The van der Waals surface area contributed by atoms with Crippen LogP contribution in [0, 0.1) is 5.92 Å². The number of carbonyl (C=O) groups excluding carboxylic acids is 1. The molecule has 7 nitrogen and oxygen atoms in total. The summed E-state index contributed by atoms with van der Waals surface area (Å²) in [6.07, 6.45) is 1.34. The molecule has 0 radical (unpaired) electrons. The largest absolute Gasteiger partial charge is 0.391 e. The van der Waals surface area contributed by atoms with Crippen molar-refractivity contribution in [1.82, 2.24) is 14.6 Å². The van der Waals surface area contributed by atoms with Crippen molar-refractivity contribution in [3.63, 3.8) is 0 Å². The molecule has 0 aliphatic carbocycles. The molecule has 0 spiro atoms. The summed E-state index contributed by atoms with van der Waals surface area (Å²) in [5, 5.41) is 12.3. The van der Waals surface area contributed by atoms with Crippen LogP contribution in [0.1, 0.15) is 30.8 Å². The zero-order chi connectivity index (χ0) is 16.2. The molecule has 1 atom stereocenters. The molecule has 0 bridgehead atoms. The first kappa shape index (κ1) is 17.7. The van der Waals surface area contributed by atoms with Crippen LogP contribution in [0.15, 0.2) is 17.2 Å². The van der Waals surface area contributed by atoms with Crippen molar-refractivity contribution < 1.29 is 18.3 Å². The maximum atomic E-state index is 12.0. The Morgan fingerprint density at radius 1 is 1.43 bits per heavy atom. The minimum Gasteiger partial charge on any atom is -0.391 e. The van der Waals surface area contributed by atoms with E-state index in [-0.39, 0.29) is 17.1 Å². The van der Waals surface area contributed by atoms with Crippen LogP contribution in [0.25, 0.3) is 0 Å². The Bertz CT molecular complexity index is 593. The van der Waals surface area contributed by atoms with Crippen LogP contribution in [-0.2, 0) is 17.1 Å². The van der Waals surface area contributed by atoms with E-state index in [2.05, 4.69) is 10.0 Å². The number of rotatable bonds is 7. The number of carbonyl (C=O) groups is 1. The fraction of sp³-hybridized carbons (Fsp3) is 0.615. The molecular formula is C13H23N3O4S. The molecule has 21 heavy (non-hydrogen) atoms. The molecule has 0 saturated carbocycles. The highest BCUT2D eigenvalue weighted by Gasteiger charge is 2.19. The van der Waals surface area contributed by atoms with Crippen molar-refractivity contribution in [2.45, 2.75) is 31.3 Å². The van der Waals surface area contributed by atoms with Crippen LogP contribution in [0.2, 0.25) is 0 Å². The summed E-state index contributed by atoms with van der Waals surface area (Å²) in [6.45, 7) is 4.10. The van der Waals surface area contributed by atoms with Gasteiger partial charge in [0.25, 0.3) is 5.91 Å². The third kappa shape index (κ3) is 4.83. The quantitative estimate of drug-likeness (QED) is 0.662. The number of amides is 1. The Balaban J connectivity index is 2.76. The van der Waals surface area contributed by atoms with E-state index in [0.29, 0.717) is 12.3 Å². The van der Waals surface area contributed by atoms with E-state index in [0.717, 1.165) is 0 Å². The smallest absolute Gasteiger partial charge is 0.268 e. The van der Waals surface area contributed by atoms with Gasteiger partial charge in [-0.15, -0.1) is 0 Å². The van der Waals surface area contributed by atoms with Gasteiger partial charge in [0.1, 0.15) is 10.6 Å². The highest BCUT2D eigenvalue weighted by molar-refractivity contribution is 7.89. The summed E-state index contributed by atoms with van der Waals surface area (Å²) < 4.78 is 27.0. The molecule has 1 aromatic rings. The zero-order valence-corrected chi connectivity index (χ0v) is 13.6. The van der Waals surface area contributed by atoms with Gasteiger partial charge in [-0.05, 0) is 25.5 Å². The van der Waals surface area contributed by atoms with E-state index in [1.54, 1.807) is 7.05 Å². The van der Waals surface area contributed by atoms with Gasteiger partial charge in [-0.1, -0.05) is 13.8 Å². The molecule has 1 amide bonds. The summed E-state index contributed by atoms with van der Waals surface area (Å²) in [5.74, 6) is -0.0860. The Morgan fingerprint density at radius 3 is 2.57 bits per heavy atom. The van der Waals surface area contributed by atoms with Crippen LogP contribution >= 0.6 is 0 Å². The number of nitrogens with one attached hydrogen (secondary N) is 2. The molecule has 8 heteroatoms. The van der Waals surface area contributed by atoms with Gasteiger partial charge in [-0.25, -0.2) is 13.1 Å². The first-order chi connectivity index (χ1) is 9.67. The number of aliphatic hydroxyl groups is 1. The summed E-state index contributed by atoms with van der Waals surface area (Å²) in [6, 6.07) is 1.30. The minimum atomic E-state index is -3.58. The van der Waals surface area contributed by atoms with Crippen LogP contribution < -0.4 is 10.0 Å². The lowest BCUT2D eigenvalue weighted by Gasteiger charge is -2.13. The van der Waals surface area contributed by atoms with Crippen LogP contribution in [0.4, 0.5) is 0 Å². The Labute approximate surface area is 125 Å². The van der Waals surface area contributed by atoms with Crippen LogP contribution in [0.3, 0.4) is 0 Å². The fourth-order valence-electron chi connectivity index (χ4n) is 1.95. The van der Waals surface area contributed by atoms with Gasteiger partial charge in [0, 0.05) is 19.8 Å². The van der Waals surface area contributed by atoms with Crippen molar-refractivity contribution in [2.75, 3.05) is 13.6 Å². The molecule has 1 heterocycles. The van der Waals surface area contributed by atoms with E-state index < -0.39 is 22.0 Å². The normalized spacial score (nSPS) is 13.4. The highest BCUT2D eigenvalue weighted by Crippen LogP contribution is 2.13. The van der Waals surface area contributed by atoms with Gasteiger partial charge in [-0.3, -0.25) is 4.79 Å². The first-order valence-electron chi connectivity index (χ1n) is 6.73. The first-order valence-corrected chi connectivity index (χ1v) is 8.22. The third-order valence-electron chi connectivity index (χ3n) is 3.03.